The normalized spacial score (nSPS) is 21.0. The first-order valence-electron chi connectivity index (χ1n) is 9.86. The van der Waals surface area contributed by atoms with Gasteiger partial charge in [0, 0.05) is 31.1 Å². The Bertz CT molecular complexity index is 949. The molecule has 4 rings (SSSR count). The number of carbonyl (C=O) groups is 2. The SMILES string of the molecule is COCCN1C(=O)Cc2c(C)nc(C3(C)CCCN3C(=O)c3ccccn3)nc21. The molecule has 8 nitrogen and oxygen atoms in total. The fourth-order valence-corrected chi connectivity index (χ4v) is 4.18. The van der Waals surface area contributed by atoms with Crippen molar-refractivity contribution in [3.8, 4) is 0 Å². The molecule has 2 aromatic heterocycles. The zero-order valence-electron chi connectivity index (χ0n) is 17.0. The van der Waals surface area contributed by atoms with Gasteiger partial charge >= 0.3 is 0 Å². The van der Waals surface area contributed by atoms with Crippen LogP contribution >= 0.6 is 0 Å². The van der Waals surface area contributed by atoms with E-state index in [1.54, 1.807) is 30.3 Å². The summed E-state index contributed by atoms with van der Waals surface area (Å²) in [6.45, 7) is 5.41. The second kappa shape index (κ2) is 7.51. The molecular formula is C21H25N5O3. The van der Waals surface area contributed by atoms with Gasteiger partial charge in [0.05, 0.1) is 19.6 Å². The molecule has 1 fully saturated rings. The molecule has 0 radical (unpaired) electrons. The lowest BCUT2D eigenvalue weighted by Gasteiger charge is -2.34. The summed E-state index contributed by atoms with van der Waals surface area (Å²) in [4.78, 5) is 42.9. The van der Waals surface area contributed by atoms with Crippen LogP contribution in [0.2, 0.25) is 0 Å². The first-order chi connectivity index (χ1) is 14.0. The number of methoxy groups -OCH3 is 1. The zero-order chi connectivity index (χ0) is 20.6. The lowest BCUT2D eigenvalue weighted by molar-refractivity contribution is -0.117. The van der Waals surface area contributed by atoms with E-state index in [0.717, 1.165) is 24.1 Å². The summed E-state index contributed by atoms with van der Waals surface area (Å²) in [5, 5.41) is 0. The third kappa shape index (κ3) is 3.27. The number of amides is 2. The average Bonchev–Trinajstić information content (AvgIpc) is 3.27. The fraction of sp³-hybridized carbons (Fsp3) is 0.476. The molecule has 8 heteroatoms. The minimum absolute atomic E-state index is 0.00425. The molecule has 2 aliphatic heterocycles. The molecule has 152 valence electrons. The average molecular weight is 395 g/mol. The van der Waals surface area contributed by atoms with E-state index in [9.17, 15) is 9.59 Å². The van der Waals surface area contributed by atoms with Gasteiger partial charge in [0.1, 0.15) is 17.1 Å². The number of hydrogen-bond acceptors (Lipinski definition) is 6. The van der Waals surface area contributed by atoms with Gasteiger partial charge in [0.2, 0.25) is 5.91 Å². The third-order valence-corrected chi connectivity index (χ3v) is 5.85. The van der Waals surface area contributed by atoms with Crippen molar-refractivity contribution in [2.24, 2.45) is 0 Å². The summed E-state index contributed by atoms with van der Waals surface area (Å²) >= 11 is 0. The molecule has 29 heavy (non-hydrogen) atoms. The molecule has 0 saturated carbocycles. The minimum atomic E-state index is -0.646. The standard InChI is InChI=1S/C21H25N5O3/c1-14-15-13-17(27)25(11-12-29-3)18(15)24-20(23-14)21(2)8-6-10-26(21)19(28)16-7-4-5-9-22-16/h4-5,7,9H,6,8,10-13H2,1-3H3. The van der Waals surface area contributed by atoms with Crippen molar-refractivity contribution in [2.45, 2.75) is 38.6 Å². The van der Waals surface area contributed by atoms with Crippen LogP contribution in [-0.4, -0.2) is 58.5 Å². The van der Waals surface area contributed by atoms with Gasteiger partial charge in [-0.3, -0.25) is 19.5 Å². The van der Waals surface area contributed by atoms with Gasteiger partial charge in [0.25, 0.3) is 5.91 Å². The van der Waals surface area contributed by atoms with Gasteiger partial charge in [-0.15, -0.1) is 0 Å². The molecule has 2 amide bonds. The molecule has 0 N–H and O–H groups in total. The van der Waals surface area contributed by atoms with Crippen LogP contribution in [0.1, 0.15) is 47.3 Å². The highest BCUT2D eigenvalue weighted by molar-refractivity contribution is 6.00. The largest absolute Gasteiger partial charge is 0.383 e. The van der Waals surface area contributed by atoms with Gasteiger partial charge in [-0.1, -0.05) is 6.07 Å². The quantitative estimate of drug-likeness (QED) is 0.768. The Kier molecular flexibility index (Phi) is 5.04. The number of aromatic nitrogens is 3. The van der Waals surface area contributed by atoms with Crippen molar-refractivity contribution in [3.05, 3.63) is 47.2 Å². The maximum absolute atomic E-state index is 13.1. The lowest BCUT2D eigenvalue weighted by atomic mass is 9.96. The minimum Gasteiger partial charge on any atom is -0.383 e. The number of rotatable bonds is 5. The number of likely N-dealkylation sites (tertiary alicyclic amines) is 1. The summed E-state index contributed by atoms with van der Waals surface area (Å²) in [7, 11) is 1.61. The van der Waals surface area contributed by atoms with Crippen LogP contribution in [-0.2, 0) is 21.5 Å². The summed E-state index contributed by atoms with van der Waals surface area (Å²) in [6, 6.07) is 5.32. The van der Waals surface area contributed by atoms with Gasteiger partial charge < -0.3 is 9.64 Å². The summed E-state index contributed by atoms with van der Waals surface area (Å²) in [5.74, 6) is 1.10. The first-order valence-corrected chi connectivity index (χ1v) is 9.86. The summed E-state index contributed by atoms with van der Waals surface area (Å²) < 4.78 is 5.15. The number of aryl methyl sites for hydroxylation is 1. The predicted octanol–water partition coefficient (Wildman–Crippen LogP) is 1.87. The van der Waals surface area contributed by atoms with Gasteiger partial charge in [-0.05, 0) is 38.8 Å². The van der Waals surface area contributed by atoms with E-state index in [1.165, 1.54) is 0 Å². The van der Waals surface area contributed by atoms with Crippen molar-refractivity contribution >= 4 is 17.6 Å². The van der Waals surface area contributed by atoms with E-state index in [2.05, 4.69) is 4.98 Å². The number of anilines is 1. The topological polar surface area (TPSA) is 88.5 Å². The molecule has 1 atom stereocenters. The zero-order valence-corrected chi connectivity index (χ0v) is 17.0. The smallest absolute Gasteiger partial charge is 0.273 e. The number of pyridine rings is 1. The molecular weight excluding hydrogens is 370 g/mol. The van der Waals surface area contributed by atoms with E-state index in [-0.39, 0.29) is 11.8 Å². The molecule has 4 heterocycles. The van der Waals surface area contributed by atoms with Crippen LogP contribution in [0.25, 0.3) is 0 Å². The van der Waals surface area contributed by atoms with Crippen molar-refractivity contribution in [3.63, 3.8) is 0 Å². The van der Waals surface area contributed by atoms with Crippen LogP contribution in [0.4, 0.5) is 5.82 Å². The number of fused-ring (bicyclic) bond motifs is 1. The van der Waals surface area contributed by atoms with Gasteiger partial charge in [-0.2, -0.15) is 0 Å². The van der Waals surface area contributed by atoms with E-state index in [1.807, 2.05) is 24.8 Å². The highest BCUT2D eigenvalue weighted by atomic mass is 16.5. The molecule has 0 aromatic carbocycles. The Morgan fingerprint density at radius 1 is 1.31 bits per heavy atom. The van der Waals surface area contributed by atoms with E-state index < -0.39 is 5.54 Å². The number of carbonyl (C=O) groups excluding carboxylic acids is 2. The highest BCUT2D eigenvalue weighted by Gasteiger charge is 2.45. The van der Waals surface area contributed by atoms with Crippen molar-refractivity contribution in [2.75, 3.05) is 31.7 Å². The van der Waals surface area contributed by atoms with Crippen LogP contribution in [0, 0.1) is 6.92 Å². The second-order valence-corrected chi connectivity index (χ2v) is 7.70. The fourth-order valence-electron chi connectivity index (χ4n) is 4.18. The molecule has 0 spiro atoms. The second-order valence-electron chi connectivity index (χ2n) is 7.70. The summed E-state index contributed by atoms with van der Waals surface area (Å²) in [5.41, 5.74) is 1.42. The van der Waals surface area contributed by atoms with E-state index >= 15 is 0 Å². The van der Waals surface area contributed by atoms with Crippen molar-refractivity contribution in [1.82, 2.24) is 19.9 Å². The number of ether oxygens (including phenoxy) is 1. The summed E-state index contributed by atoms with van der Waals surface area (Å²) in [6.07, 6.45) is 3.55. The number of hydrogen-bond donors (Lipinski definition) is 0. The molecule has 2 aromatic rings. The lowest BCUT2D eigenvalue weighted by Crippen LogP contribution is -2.44. The third-order valence-electron chi connectivity index (χ3n) is 5.85. The van der Waals surface area contributed by atoms with Gasteiger partial charge in [-0.25, -0.2) is 9.97 Å². The van der Waals surface area contributed by atoms with Crippen molar-refractivity contribution in [1.29, 1.82) is 0 Å². The monoisotopic (exact) mass is 395 g/mol. The Labute approximate surface area is 169 Å². The molecule has 2 aliphatic rings. The first kappa shape index (κ1) is 19.4. The van der Waals surface area contributed by atoms with Crippen LogP contribution in [0.5, 0.6) is 0 Å². The Balaban J connectivity index is 1.72. The molecule has 1 unspecified atom stereocenters. The van der Waals surface area contributed by atoms with Crippen LogP contribution < -0.4 is 4.90 Å². The maximum Gasteiger partial charge on any atom is 0.273 e. The molecule has 0 aliphatic carbocycles. The number of nitrogens with zero attached hydrogens (tertiary/aromatic N) is 5. The van der Waals surface area contributed by atoms with Gasteiger partial charge in [0.15, 0.2) is 5.82 Å². The van der Waals surface area contributed by atoms with Crippen LogP contribution in [0.15, 0.2) is 24.4 Å². The Morgan fingerprint density at radius 2 is 2.14 bits per heavy atom. The van der Waals surface area contributed by atoms with Crippen molar-refractivity contribution < 1.29 is 14.3 Å². The predicted molar refractivity (Wildman–Crippen MR) is 107 cm³/mol. The Hall–Kier alpha value is -2.87. The Morgan fingerprint density at radius 3 is 2.86 bits per heavy atom. The van der Waals surface area contributed by atoms with E-state index in [4.69, 9.17) is 14.7 Å². The molecule has 0 bridgehead atoms. The highest BCUT2D eigenvalue weighted by Crippen LogP contribution is 2.40. The maximum atomic E-state index is 13.1. The molecule has 1 saturated heterocycles. The van der Waals surface area contributed by atoms with E-state index in [0.29, 0.717) is 43.5 Å². The van der Waals surface area contributed by atoms with Crippen LogP contribution in [0.3, 0.4) is 0 Å².